The monoisotopic (exact) mass is 327 g/mol. The first-order valence-electron chi connectivity index (χ1n) is 7.77. The lowest BCUT2D eigenvalue weighted by molar-refractivity contribution is -0.127. The Labute approximate surface area is 139 Å². The van der Waals surface area contributed by atoms with Gasteiger partial charge in [-0.25, -0.2) is 9.18 Å². The van der Waals surface area contributed by atoms with Crippen molar-refractivity contribution < 1.29 is 14.0 Å². The second-order valence-electron chi connectivity index (χ2n) is 5.58. The van der Waals surface area contributed by atoms with Crippen LogP contribution in [0.15, 0.2) is 54.6 Å². The van der Waals surface area contributed by atoms with Gasteiger partial charge in [0, 0.05) is 19.6 Å². The molecule has 2 aromatic carbocycles. The quantitative estimate of drug-likeness (QED) is 0.908. The molecule has 0 radical (unpaired) electrons. The van der Waals surface area contributed by atoms with Crippen LogP contribution in [0.4, 0.5) is 9.18 Å². The van der Waals surface area contributed by atoms with E-state index in [0.29, 0.717) is 25.2 Å². The molecule has 1 saturated heterocycles. The molecule has 6 heteroatoms. The second-order valence-corrected chi connectivity index (χ2v) is 5.58. The molecule has 5 nitrogen and oxygen atoms in total. The zero-order valence-corrected chi connectivity index (χ0v) is 13.0. The van der Waals surface area contributed by atoms with Crippen molar-refractivity contribution in [1.82, 2.24) is 15.5 Å². The van der Waals surface area contributed by atoms with Gasteiger partial charge in [0.25, 0.3) is 0 Å². The van der Waals surface area contributed by atoms with Crippen LogP contribution in [-0.2, 0) is 11.3 Å². The summed E-state index contributed by atoms with van der Waals surface area (Å²) < 4.78 is 13.1. The third-order valence-electron chi connectivity index (χ3n) is 3.95. The number of amides is 3. The zero-order valence-electron chi connectivity index (χ0n) is 13.0. The lowest BCUT2D eigenvalue weighted by Gasteiger charge is -2.35. The summed E-state index contributed by atoms with van der Waals surface area (Å²) in [6, 6.07) is 14.1. The zero-order chi connectivity index (χ0) is 16.9. The fourth-order valence-electron chi connectivity index (χ4n) is 2.74. The van der Waals surface area contributed by atoms with E-state index in [1.807, 2.05) is 30.3 Å². The molecule has 1 heterocycles. The Kier molecular flexibility index (Phi) is 4.74. The third-order valence-corrected chi connectivity index (χ3v) is 3.95. The molecular formula is C18H18FN3O2. The first-order chi connectivity index (χ1) is 11.6. The highest BCUT2D eigenvalue weighted by Crippen LogP contribution is 2.23. The summed E-state index contributed by atoms with van der Waals surface area (Å²) in [6.45, 7) is 1.18. The third kappa shape index (κ3) is 3.53. The molecule has 1 unspecified atom stereocenters. The van der Waals surface area contributed by atoms with E-state index in [4.69, 9.17) is 0 Å². The molecule has 1 aliphatic rings. The van der Waals surface area contributed by atoms with Gasteiger partial charge < -0.3 is 15.5 Å². The summed E-state index contributed by atoms with van der Waals surface area (Å²) in [5.74, 6) is -0.641. The molecule has 0 aromatic heterocycles. The van der Waals surface area contributed by atoms with E-state index >= 15 is 0 Å². The Balaban J connectivity index is 1.74. The van der Waals surface area contributed by atoms with Crippen LogP contribution in [0.1, 0.15) is 17.2 Å². The van der Waals surface area contributed by atoms with Crippen LogP contribution in [0.3, 0.4) is 0 Å². The predicted molar refractivity (Wildman–Crippen MR) is 87.5 cm³/mol. The number of piperazine rings is 1. The van der Waals surface area contributed by atoms with Crippen molar-refractivity contribution in [2.24, 2.45) is 0 Å². The maximum Gasteiger partial charge on any atom is 0.318 e. The van der Waals surface area contributed by atoms with E-state index in [9.17, 15) is 14.0 Å². The van der Waals surface area contributed by atoms with Crippen LogP contribution >= 0.6 is 0 Å². The van der Waals surface area contributed by atoms with Crippen LogP contribution in [-0.4, -0.2) is 29.9 Å². The molecule has 0 bridgehead atoms. The number of benzene rings is 2. The van der Waals surface area contributed by atoms with Crippen molar-refractivity contribution in [3.8, 4) is 0 Å². The molecule has 3 amide bonds. The van der Waals surface area contributed by atoms with Crippen LogP contribution < -0.4 is 10.6 Å². The van der Waals surface area contributed by atoms with Gasteiger partial charge in [0.1, 0.15) is 11.9 Å². The van der Waals surface area contributed by atoms with E-state index in [0.717, 1.165) is 5.56 Å². The SMILES string of the molecule is O=C1NCCN(C(=O)NCc2ccccc2)C1c1ccc(F)cc1. The van der Waals surface area contributed by atoms with Gasteiger partial charge in [-0.1, -0.05) is 42.5 Å². The predicted octanol–water partition coefficient (Wildman–Crippen LogP) is 2.21. The average molecular weight is 327 g/mol. The number of nitrogens with one attached hydrogen (secondary N) is 2. The maximum atomic E-state index is 13.1. The number of rotatable bonds is 3. The second kappa shape index (κ2) is 7.12. The Morgan fingerprint density at radius 3 is 2.58 bits per heavy atom. The normalized spacial score (nSPS) is 17.3. The van der Waals surface area contributed by atoms with E-state index < -0.39 is 6.04 Å². The van der Waals surface area contributed by atoms with Gasteiger partial charge in [0.05, 0.1) is 0 Å². The lowest BCUT2D eigenvalue weighted by atomic mass is 10.0. The van der Waals surface area contributed by atoms with E-state index in [2.05, 4.69) is 10.6 Å². The molecule has 124 valence electrons. The minimum atomic E-state index is -0.755. The number of carbonyl (C=O) groups is 2. The fraction of sp³-hybridized carbons (Fsp3) is 0.222. The largest absolute Gasteiger partial charge is 0.352 e. The van der Waals surface area contributed by atoms with Gasteiger partial charge in [0.2, 0.25) is 5.91 Å². The standard InChI is InChI=1S/C18H18FN3O2/c19-15-8-6-14(7-9-15)16-17(23)20-10-11-22(16)18(24)21-12-13-4-2-1-3-5-13/h1-9,16H,10-12H2,(H,20,23)(H,21,24). The maximum absolute atomic E-state index is 13.1. The van der Waals surface area contributed by atoms with Crippen LogP contribution in [0.2, 0.25) is 0 Å². The minimum absolute atomic E-state index is 0.261. The number of halogens is 1. The Hall–Kier alpha value is -2.89. The number of hydrogen-bond acceptors (Lipinski definition) is 2. The molecule has 1 fully saturated rings. The van der Waals surface area contributed by atoms with Crippen molar-refractivity contribution >= 4 is 11.9 Å². The first-order valence-corrected chi connectivity index (χ1v) is 7.77. The van der Waals surface area contributed by atoms with E-state index in [-0.39, 0.29) is 17.8 Å². The van der Waals surface area contributed by atoms with Crippen LogP contribution in [0.25, 0.3) is 0 Å². The summed E-state index contributed by atoms with van der Waals surface area (Å²) in [5.41, 5.74) is 1.56. The summed E-state index contributed by atoms with van der Waals surface area (Å²) in [4.78, 5) is 26.3. The number of carbonyl (C=O) groups excluding carboxylic acids is 2. The molecule has 0 spiro atoms. The molecular weight excluding hydrogens is 309 g/mol. The number of hydrogen-bond donors (Lipinski definition) is 2. The van der Waals surface area contributed by atoms with E-state index in [1.165, 1.54) is 29.2 Å². The fourth-order valence-corrected chi connectivity index (χ4v) is 2.74. The molecule has 1 atom stereocenters. The van der Waals surface area contributed by atoms with Crippen LogP contribution in [0, 0.1) is 5.82 Å². The molecule has 3 rings (SSSR count). The topological polar surface area (TPSA) is 61.4 Å². The number of nitrogens with zero attached hydrogens (tertiary/aromatic N) is 1. The lowest BCUT2D eigenvalue weighted by Crippen LogP contribution is -2.54. The Morgan fingerprint density at radius 1 is 1.17 bits per heavy atom. The van der Waals surface area contributed by atoms with Gasteiger partial charge in [-0.2, -0.15) is 0 Å². The summed E-state index contributed by atoms with van der Waals surface area (Å²) in [5, 5.41) is 5.58. The molecule has 0 aliphatic carbocycles. The minimum Gasteiger partial charge on any atom is -0.352 e. The summed E-state index contributed by atoms with van der Waals surface area (Å²) in [6.07, 6.45) is 0. The smallest absolute Gasteiger partial charge is 0.318 e. The first kappa shape index (κ1) is 16.0. The molecule has 2 aromatic rings. The van der Waals surface area contributed by atoms with Crippen molar-refractivity contribution in [3.05, 3.63) is 71.5 Å². The van der Waals surface area contributed by atoms with Crippen molar-refractivity contribution in [2.75, 3.05) is 13.1 Å². The van der Waals surface area contributed by atoms with Crippen molar-refractivity contribution in [1.29, 1.82) is 0 Å². The Morgan fingerprint density at radius 2 is 1.88 bits per heavy atom. The molecule has 2 N–H and O–H groups in total. The van der Waals surface area contributed by atoms with Gasteiger partial charge >= 0.3 is 6.03 Å². The van der Waals surface area contributed by atoms with Gasteiger partial charge in [0.15, 0.2) is 0 Å². The highest BCUT2D eigenvalue weighted by Gasteiger charge is 2.34. The van der Waals surface area contributed by atoms with Gasteiger partial charge in [-0.3, -0.25) is 4.79 Å². The van der Waals surface area contributed by atoms with E-state index in [1.54, 1.807) is 0 Å². The molecule has 0 saturated carbocycles. The molecule has 1 aliphatic heterocycles. The average Bonchev–Trinajstić information content (AvgIpc) is 2.61. The highest BCUT2D eigenvalue weighted by molar-refractivity contribution is 5.89. The number of urea groups is 1. The van der Waals surface area contributed by atoms with Crippen molar-refractivity contribution in [3.63, 3.8) is 0 Å². The van der Waals surface area contributed by atoms with Crippen molar-refractivity contribution in [2.45, 2.75) is 12.6 Å². The summed E-state index contributed by atoms with van der Waals surface area (Å²) >= 11 is 0. The Bertz CT molecular complexity index is 719. The van der Waals surface area contributed by atoms with Crippen LogP contribution in [0.5, 0.6) is 0 Å². The molecule has 24 heavy (non-hydrogen) atoms. The van der Waals surface area contributed by atoms with Gasteiger partial charge in [-0.15, -0.1) is 0 Å². The van der Waals surface area contributed by atoms with Gasteiger partial charge in [-0.05, 0) is 23.3 Å². The summed E-state index contributed by atoms with van der Waals surface area (Å²) in [7, 11) is 0. The highest BCUT2D eigenvalue weighted by atomic mass is 19.1.